The van der Waals surface area contributed by atoms with E-state index in [4.69, 9.17) is 14.6 Å². The molecule has 0 aliphatic carbocycles. The highest BCUT2D eigenvalue weighted by molar-refractivity contribution is 5.69. The van der Waals surface area contributed by atoms with Crippen LogP contribution in [0.2, 0.25) is 0 Å². The molecule has 1 N–H and O–H groups in total. The summed E-state index contributed by atoms with van der Waals surface area (Å²) in [7, 11) is 1.34. The predicted molar refractivity (Wildman–Crippen MR) is 45.4 cm³/mol. The van der Waals surface area contributed by atoms with Gasteiger partial charge < -0.3 is 19.3 Å². The number of carbonyl (C=O) groups is 1. The molecule has 0 bridgehead atoms. The first kappa shape index (κ1) is 12.3. The second-order valence-electron chi connectivity index (χ2n) is 2.27. The van der Waals surface area contributed by atoms with Gasteiger partial charge >= 0.3 is 5.97 Å². The molecule has 0 atom stereocenters. The molecule has 0 saturated heterocycles. The Hall–Kier alpha value is -0.650. The quantitative estimate of drug-likeness (QED) is 0.418. The van der Waals surface area contributed by atoms with Crippen molar-refractivity contribution in [1.29, 1.82) is 0 Å². The molecule has 0 aliphatic heterocycles. The lowest BCUT2D eigenvalue weighted by molar-refractivity contribution is -0.141. The molecule has 0 fully saturated rings. The third kappa shape index (κ3) is 9.26. The van der Waals surface area contributed by atoms with E-state index in [1.54, 1.807) is 0 Å². The lowest BCUT2D eigenvalue weighted by atomic mass is 10.5. The molecule has 0 aromatic carbocycles. The number of hydrogen-bond acceptors (Lipinski definition) is 5. The first-order valence-electron chi connectivity index (χ1n) is 4.14. The zero-order valence-corrected chi connectivity index (χ0v) is 7.82. The van der Waals surface area contributed by atoms with Crippen molar-refractivity contribution >= 4 is 5.97 Å². The average molecular weight is 192 g/mol. The van der Waals surface area contributed by atoms with Crippen LogP contribution in [0, 0.1) is 0 Å². The van der Waals surface area contributed by atoms with Gasteiger partial charge in [0.2, 0.25) is 0 Å². The molecule has 78 valence electrons. The summed E-state index contributed by atoms with van der Waals surface area (Å²) in [5, 5.41) is 8.35. The van der Waals surface area contributed by atoms with Gasteiger partial charge in [0.05, 0.1) is 46.6 Å². The molecule has 5 heteroatoms. The summed E-state index contributed by atoms with van der Waals surface area (Å²) in [6, 6.07) is 0. The van der Waals surface area contributed by atoms with Crippen molar-refractivity contribution in [3.63, 3.8) is 0 Å². The van der Waals surface area contributed by atoms with Gasteiger partial charge in [-0.2, -0.15) is 0 Å². The maximum Gasteiger partial charge on any atom is 0.307 e. The van der Waals surface area contributed by atoms with Crippen molar-refractivity contribution in [1.82, 2.24) is 0 Å². The lowest BCUT2D eigenvalue weighted by Gasteiger charge is -2.03. The Kier molecular flexibility index (Phi) is 8.97. The Morgan fingerprint density at radius 2 is 1.77 bits per heavy atom. The van der Waals surface area contributed by atoms with Crippen LogP contribution in [0.4, 0.5) is 0 Å². The zero-order chi connectivity index (χ0) is 9.94. The molecule has 0 amide bonds. The molecule has 0 aliphatic rings. The van der Waals surface area contributed by atoms with Gasteiger partial charge in [-0.05, 0) is 0 Å². The Bertz CT molecular complexity index is 126. The van der Waals surface area contributed by atoms with Gasteiger partial charge in [-0.15, -0.1) is 0 Å². The minimum absolute atomic E-state index is 0.0160. The normalized spacial score (nSPS) is 10.0. The monoisotopic (exact) mass is 192 g/mol. The molecular weight excluding hydrogens is 176 g/mol. The van der Waals surface area contributed by atoms with Crippen molar-refractivity contribution in [2.75, 3.05) is 40.1 Å². The summed E-state index contributed by atoms with van der Waals surface area (Å²) >= 11 is 0. The fourth-order valence-corrected chi connectivity index (χ4v) is 0.644. The van der Waals surface area contributed by atoms with Gasteiger partial charge in [0, 0.05) is 0 Å². The third-order valence-electron chi connectivity index (χ3n) is 1.29. The highest BCUT2D eigenvalue weighted by Crippen LogP contribution is 1.86. The van der Waals surface area contributed by atoms with E-state index in [2.05, 4.69) is 4.74 Å². The first-order chi connectivity index (χ1) is 6.31. The average Bonchev–Trinajstić information content (AvgIpc) is 2.16. The molecule has 0 radical (unpaired) electrons. The summed E-state index contributed by atoms with van der Waals surface area (Å²) in [5.41, 5.74) is 0. The van der Waals surface area contributed by atoms with Crippen LogP contribution >= 0.6 is 0 Å². The molecule has 0 saturated carbocycles. The van der Waals surface area contributed by atoms with E-state index in [1.165, 1.54) is 7.11 Å². The summed E-state index contributed by atoms with van der Waals surface area (Å²) < 4.78 is 14.4. The molecular formula is C8H16O5. The van der Waals surface area contributed by atoms with Crippen LogP contribution in [-0.2, 0) is 19.0 Å². The topological polar surface area (TPSA) is 65.0 Å². The first-order valence-corrected chi connectivity index (χ1v) is 4.14. The van der Waals surface area contributed by atoms with E-state index in [0.29, 0.717) is 26.4 Å². The minimum atomic E-state index is -0.281. The minimum Gasteiger partial charge on any atom is -0.469 e. The van der Waals surface area contributed by atoms with Crippen molar-refractivity contribution in [2.24, 2.45) is 0 Å². The van der Waals surface area contributed by atoms with Crippen LogP contribution in [0.15, 0.2) is 0 Å². The van der Waals surface area contributed by atoms with E-state index in [9.17, 15) is 4.79 Å². The molecule has 5 nitrogen and oxygen atoms in total. The number of methoxy groups -OCH3 is 1. The van der Waals surface area contributed by atoms with E-state index >= 15 is 0 Å². The van der Waals surface area contributed by atoms with Gasteiger partial charge in [0.15, 0.2) is 0 Å². The van der Waals surface area contributed by atoms with Crippen LogP contribution in [0.3, 0.4) is 0 Å². The molecule has 0 rings (SSSR count). The maximum atomic E-state index is 10.6. The van der Waals surface area contributed by atoms with Crippen LogP contribution in [0.5, 0.6) is 0 Å². The number of carbonyl (C=O) groups excluding carboxylic acids is 1. The van der Waals surface area contributed by atoms with Crippen LogP contribution in [0.1, 0.15) is 6.42 Å². The SMILES string of the molecule is COC(=O)CCOCCOCCO. The van der Waals surface area contributed by atoms with Gasteiger partial charge in [0.1, 0.15) is 0 Å². The van der Waals surface area contributed by atoms with Gasteiger partial charge in [0.25, 0.3) is 0 Å². The van der Waals surface area contributed by atoms with Gasteiger partial charge in [-0.1, -0.05) is 0 Å². The predicted octanol–water partition coefficient (Wildman–Crippen LogP) is -0.425. The van der Waals surface area contributed by atoms with Gasteiger partial charge in [-0.3, -0.25) is 4.79 Å². The highest BCUT2D eigenvalue weighted by Gasteiger charge is 1.98. The van der Waals surface area contributed by atoms with E-state index in [0.717, 1.165) is 0 Å². The Morgan fingerprint density at radius 3 is 2.31 bits per heavy atom. The van der Waals surface area contributed by atoms with Crippen LogP contribution in [-0.4, -0.2) is 51.2 Å². The molecule has 0 aromatic rings. The summed E-state index contributed by atoms with van der Waals surface area (Å²) in [6.45, 7) is 1.54. The maximum absolute atomic E-state index is 10.6. The van der Waals surface area contributed by atoms with Crippen molar-refractivity contribution in [3.8, 4) is 0 Å². The van der Waals surface area contributed by atoms with E-state index < -0.39 is 0 Å². The van der Waals surface area contributed by atoms with Crippen LogP contribution in [0.25, 0.3) is 0 Å². The smallest absolute Gasteiger partial charge is 0.307 e. The van der Waals surface area contributed by atoms with E-state index in [1.807, 2.05) is 0 Å². The number of aliphatic hydroxyl groups excluding tert-OH is 1. The number of aliphatic hydroxyl groups is 1. The largest absolute Gasteiger partial charge is 0.469 e. The van der Waals surface area contributed by atoms with E-state index in [-0.39, 0.29) is 19.0 Å². The highest BCUT2D eigenvalue weighted by atomic mass is 16.5. The third-order valence-corrected chi connectivity index (χ3v) is 1.29. The lowest BCUT2D eigenvalue weighted by Crippen LogP contribution is -2.10. The Balaban J connectivity index is 2.95. The Morgan fingerprint density at radius 1 is 1.15 bits per heavy atom. The molecule has 13 heavy (non-hydrogen) atoms. The fraction of sp³-hybridized carbons (Fsp3) is 0.875. The molecule has 0 aromatic heterocycles. The standard InChI is InChI=1S/C8H16O5/c1-11-8(10)2-4-12-6-7-13-5-3-9/h9H,2-7H2,1H3. The molecule has 0 spiro atoms. The summed E-state index contributed by atoms with van der Waals surface area (Å²) in [5.74, 6) is -0.281. The summed E-state index contributed by atoms with van der Waals surface area (Å²) in [4.78, 5) is 10.6. The summed E-state index contributed by atoms with van der Waals surface area (Å²) in [6.07, 6.45) is 0.260. The number of rotatable bonds is 8. The number of esters is 1. The second-order valence-corrected chi connectivity index (χ2v) is 2.27. The number of ether oxygens (including phenoxy) is 3. The van der Waals surface area contributed by atoms with Crippen LogP contribution < -0.4 is 0 Å². The molecule has 0 unspecified atom stereocenters. The Labute approximate surface area is 77.6 Å². The zero-order valence-electron chi connectivity index (χ0n) is 7.82. The number of hydrogen-bond donors (Lipinski definition) is 1. The van der Waals surface area contributed by atoms with Crippen molar-refractivity contribution in [3.05, 3.63) is 0 Å². The van der Waals surface area contributed by atoms with Gasteiger partial charge in [-0.25, -0.2) is 0 Å². The van der Waals surface area contributed by atoms with Crippen molar-refractivity contribution in [2.45, 2.75) is 6.42 Å². The fourth-order valence-electron chi connectivity index (χ4n) is 0.644. The van der Waals surface area contributed by atoms with Crippen molar-refractivity contribution < 1.29 is 24.1 Å². The molecule has 0 heterocycles. The second kappa shape index (κ2) is 9.44.